The third-order valence-corrected chi connectivity index (χ3v) is 5.16. The number of pyridine rings is 1. The Morgan fingerprint density at radius 3 is 3.00 bits per heavy atom. The molecule has 0 unspecified atom stereocenters. The molecule has 3 nitrogen and oxygen atoms in total. The molecule has 1 aliphatic rings. The van der Waals surface area contributed by atoms with Gasteiger partial charge in [0, 0.05) is 31.0 Å². The van der Waals surface area contributed by atoms with Crippen molar-refractivity contribution >= 4 is 17.7 Å². The summed E-state index contributed by atoms with van der Waals surface area (Å²) in [4.78, 5) is 17.9. The van der Waals surface area contributed by atoms with Crippen molar-refractivity contribution in [3.8, 4) is 0 Å². The maximum atomic E-state index is 13.0. The highest BCUT2D eigenvalue weighted by Crippen LogP contribution is 2.31. The first-order valence-electron chi connectivity index (χ1n) is 6.99. The van der Waals surface area contributed by atoms with Crippen LogP contribution in [0, 0.1) is 5.82 Å². The molecule has 1 heterocycles. The van der Waals surface area contributed by atoms with Gasteiger partial charge in [-0.25, -0.2) is 4.39 Å². The number of amides is 1. The maximum absolute atomic E-state index is 13.0. The number of aromatic nitrogens is 1. The van der Waals surface area contributed by atoms with Crippen molar-refractivity contribution in [3.63, 3.8) is 0 Å². The van der Waals surface area contributed by atoms with Crippen LogP contribution >= 0.6 is 11.8 Å². The second-order valence-corrected chi connectivity index (χ2v) is 6.37. The van der Waals surface area contributed by atoms with Gasteiger partial charge in [0.15, 0.2) is 0 Å². The van der Waals surface area contributed by atoms with Crippen molar-refractivity contribution in [2.75, 3.05) is 13.3 Å². The Morgan fingerprint density at radius 1 is 1.50 bits per heavy atom. The van der Waals surface area contributed by atoms with Crippen LogP contribution in [0.4, 0.5) is 4.39 Å². The first kappa shape index (κ1) is 15.3. The van der Waals surface area contributed by atoms with Crippen molar-refractivity contribution in [1.29, 1.82) is 0 Å². The van der Waals surface area contributed by atoms with Crippen LogP contribution in [0.1, 0.15) is 31.2 Å². The molecule has 2 rings (SSSR count). The summed E-state index contributed by atoms with van der Waals surface area (Å²) >= 11 is 1.85. The highest BCUT2D eigenvalue weighted by Gasteiger charge is 2.31. The third kappa shape index (κ3) is 3.72. The minimum absolute atomic E-state index is 0.139. The Kier molecular flexibility index (Phi) is 5.40. The lowest BCUT2D eigenvalue weighted by molar-refractivity contribution is -0.131. The highest BCUT2D eigenvalue weighted by molar-refractivity contribution is 7.99. The molecule has 0 bridgehead atoms. The molecule has 1 aromatic rings. The molecule has 2 atom stereocenters. The summed E-state index contributed by atoms with van der Waals surface area (Å²) in [5.74, 6) is -0.207. The van der Waals surface area contributed by atoms with Crippen molar-refractivity contribution in [2.24, 2.45) is 0 Å². The fraction of sp³-hybridized carbons (Fsp3) is 0.600. The number of carbonyl (C=O) groups is 1. The number of thioether (sulfide) groups is 1. The molecular formula is C15H21FN2OS. The molecule has 1 aromatic heterocycles. The maximum Gasteiger partial charge on any atom is 0.222 e. The molecule has 0 N–H and O–H groups in total. The quantitative estimate of drug-likeness (QED) is 0.837. The number of nitrogens with zero attached hydrogens (tertiary/aromatic N) is 2. The van der Waals surface area contributed by atoms with Crippen LogP contribution in [0.2, 0.25) is 0 Å². The highest BCUT2D eigenvalue weighted by atomic mass is 32.2. The van der Waals surface area contributed by atoms with E-state index in [1.54, 1.807) is 6.20 Å². The fourth-order valence-corrected chi connectivity index (χ4v) is 3.86. The molecule has 0 saturated heterocycles. The Morgan fingerprint density at radius 2 is 2.30 bits per heavy atom. The van der Waals surface area contributed by atoms with Gasteiger partial charge in [-0.3, -0.25) is 9.78 Å². The van der Waals surface area contributed by atoms with Crippen molar-refractivity contribution in [2.45, 2.75) is 43.4 Å². The molecule has 5 heteroatoms. The van der Waals surface area contributed by atoms with Gasteiger partial charge in [0.1, 0.15) is 5.82 Å². The standard InChI is InChI=1S/C15H21FN2OS/c1-18(13-4-3-5-14(13)20-2)15(19)7-6-11-8-12(16)10-17-9-11/h8-10,13-14H,3-7H2,1-2H3/t13-,14+/m1/s1. The lowest BCUT2D eigenvalue weighted by Crippen LogP contribution is -2.40. The van der Waals surface area contributed by atoms with Gasteiger partial charge in [-0.2, -0.15) is 11.8 Å². The zero-order valence-corrected chi connectivity index (χ0v) is 12.8. The van der Waals surface area contributed by atoms with E-state index in [9.17, 15) is 9.18 Å². The number of hydrogen-bond donors (Lipinski definition) is 0. The summed E-state index contributed by atoms with van der Waals surface area (Å²) in [6.45, 7) is 0. The number of halogens is 1. The summed E-state index contributed by atoms with van der Waals surface area (Å²) < 4.78 is 13.0. The fourth-order valence-electron chi connectivity index (χ4n) is 2.83. The largest absolute Gasteiger partial charge is 0.342 e. The molecular weight excluding hydrogens is 275 g/mol. The van der Waals surface area contributed by atoms with E-state index in [-0.39, 0.29) is 11.7 Å². The van der Waals surface area contributed by atoms with Gasteiger partial charge in [0.25, 0.3) is 0 Å². The Balaban J connectivity index is 1.88. The lowest BCUT2D eigenvalue weighted by atomic mass is 10.1. The minimum atomic E-state index is -0.346. The summed E-state index contributed by atoms with van der Waals surface area (Å²) in [6, 6.07) is 1.80. The predicted octanol–water partition coefficient (Wildman–Crippen LogP) is 2.90. The van der Waals surface area contributed by atoms with Gasteiger partial charge in [-0.15, -0.1) is 0 Å². The third-order valence-electron chi connectivity index (χ3n) is 4.00. The molecule has 110 valence electrons. The van der Waals surface area contributed by atoms with Crippen molar-refractivity contribution < 1.29 is 9.18 Å². The molecule has 1 aliphatic carbocycles. The van der Waals surface area contributed by atoms with E-state index < -0.39 is 0 Å². The van der Waals surface area contributed by atoms with Crippen molar-refractivity contribution in [1.82, 2.24) is 9.88 Å². The van der Waals surface area contributed by atoms with Crippen LogP contribution in [0.25, 0.3) is 0 Å². The summed E-state index contributed by atoms with van der Waals surface area (Å²) in [6.07, 6.45) is 9.35. The molecule has 1 amide bonds. The van der Waals surface area contributed by atoms with Crippen LogP contribution < -0.4 is 0 Å². The molecule has 0 aromatic carbocycles. The van der Waals surface area contributed by atoms with Gasteiger partial charge in [-0.05, 0) is 37.1 Å². The van der Waals surface area contributed by atoms with E-state index >= 15 is 0 Å². The Bertz CT molecular complexity index is 469. The lowest BCUT2D eigenvalue weighted by Gasteiger charge is -2.29. The van der Waals surface area contributed by atoms with Gasteiger partial charge in [0.05, 0.1) is 6.20 Å². The zero-order valence-electron chi connectivity index (χ0n) is 12.0. The first-order valence-corrected chi connectivity index (χ1v) is 8.28. The van der Waals surface area contributed by atoms with E-state index in [1.165, 1.54) is 25.1 Å². The number of hydrogen-bond acceptors (Lipinski definition) is 3. The van der Waals surface area contributed by atoms with Crippen LogP contribution in [-0.4, -0.2) is 40.4 Å². The molecule has 20 heavy (non-hydrogen) atoms. The minimum Gasteiger partial charge on any atom is -0.342 e. The topological polar surface area (TPSA) is 33.2 Å². The van der Waals surface area contributed by atoms with E-state index in [1.807, 2.05) is 23.7 Å². The van der Waals surface area contributed by atoms with Gasteiger partial charge in [-0.1, -0.05) is 6.42 Å². The Labute approximate surface area is 124 Å². The molecule has 0 aliphatic heterocycles. The molecule has 0 radical (unpaired) electrons. The molecule has 1 fully saturated rings. The van der Waals surface area contributed by atoms with Gasteiger partial charge >= 0.3 is 0 Å². The second-order valence-electron chi connectivity index (χ2n) is 5.29. The van der Waals surface area contributed by atoms with E-state index in [4.69, 9.17) is 0 Å². The number of carbonyl (C=O) groups excluding carboxylic acids is 1. The van der Waals surface area contributed by atoms with E-state index in [2.05, 4.69) is 11.2 Å². The average Bonchev–Trinajstić information content (AvgIpc) is 2.92. The van der Waals surface area contributed by atoms with Crippen molar-refractivity contribution in [3.05, 3.63) is 29.8 Å². The monoisotopic (exact) mass is 296 g/mol. The first-order chi connectivity index (χ1) is 9.61. The normalized spacial score (nSPS) is 21.9. The average molecular weight is 296 g/mol. The van der Waals surface area contributed by atoms with Crippen LogP contribution in [0.15, 0.2) is 18.5 Å². The second kappa shape index (κ2) is 7.07. The van der Waals surface area contributed by atoms with Crippen LogP contribution in [0.5, 0.6) is 0 Å². The summed E-state index contributed by atoms with van der Waals surface area (Å²) in [7, 11) is 1.89. The summed E-state index contributed by atoms with van der Waals surface area (Å²) in [5.41, 5.74) is 0.777. The summed E-state index contributed by atoms with van der Waals surface area (Å²) in [5, 5.41) is 0.555. The molecule has 1 saturated carbocycles. The van der Waals surface area contributed by atoms with Gasteiger partial charge < -0.3 is 4.90 Å². The molecule has 0 spiro atoms. The SMILES string of the molecule is CS[C@H]1CCC[C@H]1N(C)C(=O)CCc1cncc(F)c1. The van der Waals surface area contributed by atoms with Crippen LogP contribution in [-0.2, 0) is 11.2 Å². The zero-order chi connectivity index (χ0) is 14.5. The number of rotatable bonds is 5. The van der Waals surface area contributed by atoms with Crippen LogP contribution in [0.3, 0.4) is 0 Å². The predicted molar refractivity (Wildman–Crippen MR) is 80.2 cm³/mol. The Hall–Kier alpha value is -1.10. The van der Waals surface area contributed by atoms with Gasteiger partial charge in [0.2, 0.25) is 5.91 Å². The smallest absolute Gasteiger partial charge is 0.222 e. The van der Waals surface area contributed by atoms with E-state index in [0.29, 0.717) is 24.1 Å². The number of aryl methyl sites for hydroxylation is 1. The van der Waals surface area contributed by atoms with E-state index in [0.717, 1.165) is 12.0 Å².